The van der Waals surface area contributed by atoms with E-state index < -0.39 is 10.0 Å². The summed E-state index contributed by atoms with van der Waals surface area (Å²) in [6.07, 6.45) is 2.23. The number of hydrogen-bond donors (Lipinski definition) is 0. The first kappa shape index (κ1) is 21.9. The molecule has 162 valence electrons. The summed E-state index contributed by atoms with van der Waals surface area (Å²) < 4.78 is 38.2. The second kappa shape index (κ2) is 9.32. The minimum atomic E-state index is -3.71. The third-order valence-corrected chi connectivity index (χ3v) is 7.61. The van der Waals surface area contributed by atoms with Gasteiger partial charge in [-0.2, -0.15) is 4.31 Å². The fraction of sp³-hybridized carbons (Fsp3) is 0.650. The molecule has 2 saturated heterocycles. The first-order chi connectivity index (χ1) is 13.8. The van der Waals surface area contributed by atoms with E-state index in [9.17, 15) is 13.2 Å². The maximum atomic E-state index is 13.1. The zero-order valence-corrected chi connectivity index (χ0v) is 18.3. The standard InChI is InChI=1S/C20H31N3O5S/c1-16-5-4-8-22(14-16)20(24)15-21-9-11-23(12-10-21)29(25,26)19-13-17(27-2)6-7-18(19)28-3/h6-7,13,16H,4-5,8-12,14-15H2,1-3H3/t16-/m1/s1. The Morgan fingerprint density at radius 1 is 1.10 bits per heavy atom. The number of methoxy groups -OCH3 is 2. The first-order valence-electron chi connectivity index (χ1n) is 10.1. The summed E-state index contributed by atoms with van der Waals surface area (Å²) >= 11 is 0. The van der Waals surface area contributed by atoms with Gasteiger partial charge in [0.05, 0.1) is 20.8 Å². The molecular weight excluding hydrogens is 394 g/mol. The first-order valence-corrected chi connectivity index (χ1v) is 11.5. The van der Waals surface area contributed by atoms with E-state index >= 15 is 0 Å². The molecule has 1 atom stereocenters. The number of benzene rings is 1. The van der Waals surface area contributed by atoms with Crippen LogP contribution in [0.2, 0.25) is 0 Å². The van der Waals surface area contributed by atoms with Crippen LogP contribution in [0.1, 0.15) is 19.8 Å². The number of piperazine rings is 1. The average Bonchev–Trinajstić information content (AvgIpc) is 2.73. The van der Waals surface area contributed by atoms with Gasteiger partial charge in [-0.3, -0.25) is 9.69 Å². The molecule has 0 bridgehead atoms. The Hall–Kier alpha value is -1.84. The van der Waals surface area contributed by atoms with Crippen molar-refractivity contribution < 1.29 is 22.7 Å². The molecule has 0 aromatic heterocycles. The van der Waals surface area contributed by atoms with Crippen LogP contribution in [0, 0.1) is 5.92 Å². The molecule has 9 heteroatoms. The number of carbonyl (C=O) groups excluding carboxylic acids is 1. The number of carbonyl (C=O) groups is 1. The molecule has 1 aromatic rings. The number of piperidine rings is 1. The minimum Gasteiger partial charge on any atom is -0.497 e. The molecule has 2 fully saturated rings. The molecule has 0 saturated carbocycles. The quantitative estimate of drug-likeness (QED) is 0.683. The molecular formula is C20H31N3O5S. The molecule has 3 rings (SSSR count). The van der Waals surface area contributed by atoms with Crippen molar-refractivity contribution in [2.45, 2.75) is 24.7 Å². The number of amides is 1. The minimum absolute atomic E-state index is 0.103. The predicted octanol–water partition coefficient (Wildman–Crippen LogP) is 1.27. The molecule has 2 aliphatic heterocycles. The molecule has 2 heterocycles. The molecule has 0 aliphatic carbocycles. The van der Waals surface area contributed by atoms with Crippen molar-refractivity contribution in [3.8, 4) is 11.5 Å². The van der Waals surface area contributed by atoms with Gasteiger partial charge >= 0.3 is 0 Å². The highest BCUT2D eigenvalue weighted by molar-refractivity contribution is 7.89. The molecule has 0 radical (unpaired) electrons. The van der Waals surface area contributed by atoms with Gasteiger partial charge in [-0.05, 0) is 30.9 Å². The van der Waals surface area contributed by atoms with Crippen molar-refractivity contribution in [2.24, 2.45) is 5.92 Å². The summed E-state index contributed by atoms with van der Waals surface area (Å²) in [5.74, 6) is 1.45. The fourth-order valence-electron chi connectivity index (χ4n) is 3.96. The highest BCUT2D eigenvalue weighted by Gasteiger charge is 2.32. The van der Waals surface area contributed by atoms with Gasteiger partial charge in [0, 0.05) is 45.3 Å². The van der Waals surface area contributed by atoms with Crippen LogP contribution in [-0.4, -0.2) is 88.5 Å². The number of sulfonamides is 1. The van der Waals surface area contributed by atoms with Crippen LogP contribution in [0.4, 0.5) is 0 Å². The number of nitrogens with zero attached hydrogens (tertiary/aromatic N) is 3. The number of ether oxygens (including phenoxy) is 2. The molecule has 0 spiro atoms. The van der Waals surface area contributed by atoms with Gasteiger partial charge in [-0.1, -0.05) is 6.92 Å². The molecule has 2 aliphatic rings. The number of rotatable bonds is 6. The number of hydrogen-bond acceptors (Lipinski definition) is 6. The lowest BCUT2D eigenvalue weighted by atomic mass is 10.0. The zero-order valence-electron chi connectivity index (χ0n) is 17.5. The van der Waals surface area contributed by atoms with Gasteiger partial charge in [0.25, 0.3) is 0 Å². The van der Waals surface area contributed by atoms with Crippen molar-refractivity contribution in [3.63, 3.8) is 0 Å². The van der Waals surface area contributed by atoms with E-state index in [4.69, 9.17) is 9.47 Å². The average molecular weight is 426 g/mol. The molecule has 1 amide bonds. The van der Waals surface area contributed by atoms with E-state index in [0.29, 0.717) is 50.1 Å². The second-order valence-corrected chi connectivity index (χ2v) is 9.69. The predicted molar refractivity (Wildman–Crippen MR) is 110 cm³/mol. The van der Waals surface area contributed by atoms with Crippen LogP contribution in [0.5, 0.6) is 11.5 Å². The van der Waals surface area contributed by atoms with E-state index in [1.807, 2.05) is 9.80 Å². The van der Waals surface area contributed by atoms with Gasteiger partial charge in [0.1, 0.15) is 16.4 Å². The van der Waals surface area contributed by atoms with Crippen LogP contribution in [0.3, 0.4) is 0 Å². The van der Waals surface area contributed by atoms with Gasteiger partial charge in [0.15, 0.2) is 0 Å². The third-order valence-electron chi connectivity index (χ3n) is 5.69. The molecule has 0 unspecified atom stereocenters. The largest absolute Gasteiger partial charge is 0.497 e. The fourth-order valence-corrected chi connectivity index (χ4v) is 5.55. The highest BCUT2D eigenvalue weighted by atomic mass is 32.2. The Balaban J connectivity index is 1.62. The summed E-state index contributed by atoms with van der Waals surface area (Å²) in [4.78, 5) is 16.7. The third kappa shape index (κ3) is 5.02. The summed E-state index contributed by atoms with van der Waals surface area (Å²) in [6, 6.07) is 4.75. The van der Waals surface area contributed by atoms with Crippen molar-refractivity contribution >= 4 is 15.9 Å². The van der Waals surface area contributed by atoms with Crippen LogP contribution in [0.25, 0.3) is 0 Å². The van der Waals surface area contributed by atoms with E-state index in [2.05, 4.69) is 6.92 Å². The maximum Gasteiger partial charge on any atom is 0.246 e. The Morgan fingerprint density at radius 3 is 2.45 bits per heavy atom. The Bertz CT molecular complexity index is 821. The summed E-state index contributed by atoms with van der Waals surface area (Å²) in [5.41, 5.74) is 0. The van der Waals surface area contributed by atoms with Crippen molar-refractivity contribution in [2.75, 3.05) is 60.0 Å². The lowest BCUT2D eigenvalue weighted by molar-refractivity contribution is -0.134. The molecule has 29 heavy (non-hydrogen) atoms. The molecule has 8 nitrogen and oxygen atoms in total. The van der Waals surface area contributed by atoms with Crippen LogP contribution in [0.15, 0.2) is 23.1 Å². The summed E-state index contributed by atoms with van der Waals surface area (Å²) in [6.45, 7) is 5.91. The normalized spacial score (nSPS) is 21.8. The summed E-state index contributed by atoms with van der Waals surface area (Å²) in [5, 5.41) is 0. The lowest BCUT2D eigenvalue weighted by Crippen LogP contribution is -2.52. The second-order valence-electron chi connectivity index (χ2n) is 7.78. The van der Waals surface area contributed by atoms with Crippen LogP contribution >= 0.6 is 0 Å². The van der Waals surface area contributed by atoms with Crippen molar-refractivity contribution in [3.05, 3.63) is 18.2 Å². The van der Waals surface area contributed by atoms with Crippen LogP contribution < -0.4 is 9.47 Å². The molecule has 0 N–H and O–H groups in total. The Kier molecular flexibility index (Phi) is 7.02. The topological polar surface area (TPSA) is 79.4 Å². The molecule has 1 aromatic carbocycles. The van der Waals surface area contributed by atoms with Gasteiger partial charge < -0.3 is 14.4 Å². The van der Waals surface area contributed by atoms with Crippen molar-refractivity contribution in [1.82, 2.24) is 14.1 Å². The van der Waals surface area contributed by atoms with Crippen molar-refractivity contribution in [1.29, 1.82) is 0 Å². The zero-order chi connectivity index (χ0) is 21.0. The Morgan fingerprint density at radius 2 is 1.83 bits per heavy atom. The lowest BCUT2D eigenvalue weighted by Gasteiger charge is -2.36. The van der Waals surface area contributed by atoms with Gasteiger partial charge in [-0.25, -0.2) is 8.42 Å². The van der Waals surface area contributed by atoms with Crippen LogP contribution in [-0.2, 0) is 14.8 Å². The number of likely N-dealkylation sites (tertiary alicyclic amines) is 1. The van der Waals surface area contributed by atoms with E-state index in [1.54, 1.807) is 12.1 Å². The monoisotopic (exact) mass is 425 g/mol. The van der Waals surface area contributed by atoms with Gasteiger partial charge in [0.2, 0.25) is 15.9 Å². The van der Waals surface area contributed by atoms with E-state index in [-0.39, 0.29) is 10.8 Å². The van der Waals surface area contributed by atoms with E-state index in [0.717, 1.165) is 19.5 Å². The van der Waals surface area contributed by atoms with E-state index in [1.165, 1.54) is 31.0 Å². The summed E-state index contributed by atoms with van der Waals surface area (Å²) in [7, 11) is -0.763. The highest BCUT2D eigenvalue weighted by Crippen LogP contribution is 2.31. The maximum absolute atomic E-state index is 13.1. The van der Waals surface area contributed by atoms with Gasteiger partial charge in [-0.15, -0.1) is 0 Å². The smallest absolute Gasteiger partial charge is 0.246 e. The Labute approximate surface area is 173 Å². The SMILES string of the molecule is COc1ccc(OC)c(S(=O)(=O)N2CCN(CC(=O)N3CCC[C@@H](C)C3)CC2)c1.